The van der Waals surface area contributed by atoms with E-state index in [1.807, 2.05) is 0 Å². The van der Waals surface area contributed by atoms with Crippen molar-refractivity contribution >= 4 is 17.4 Å². The molecule has 19 heavy (non-hydrogen) atoms. The van der Waals surface area contributed by atoms with E-state index >= 15 is 0 Å². The first-order valence-corrected chi connectivity index (χ1v) is 5.93. The predicted octanol–water partition coefficient (Wildman–Crippen LogP) is 2.58. The zero-order chi connectivity index (χ0) is 14.0. The van der Waals surface area contributed by atoms with Crippen molar-refractivity contribution in [3.8, 4) is 11.3 Å². The van der Waals surface area contributed by atoms with Gasteiger partial charge in [0.2, 0.25) is 0 Å². The van der Waals surface area contributed by atoms with Gasteiger partial charge in [0, 0.05) is 18.2 Å². The third-order valence-electron chi connectivity index (χ3n) is 2.39. The Kier molecular flexibility index (Phi) is 3.52. The van der Waals surface area contributed by atoms with Gasteiger partial charge in [-0.15, -0.1) is 5.10 Å². The van der Waals surface area contributed by atoms with Crippen LogP contribution in [0.1, 0.15) is 15.2 Å². The van der Waals surface area contributed by atoms with Gasteiger partial charge in [0.05, 0.1) is 0 Å². The smallest absolute Gasteiger partial charge is 0.355 e. The number of nitrogens with one attached hydrogen (secondary N) is 1. The van der Waals surface area contributed by atoms with Crippen LogP contribution in [0.4, 0.5) is 13.2 Å². The summed E-state index contributed by atoms with van der Waals surface area (Å²) in [7, 11) is 1.47. The lowest BCUT2D eigenvalue weighted by Gasteiger charge is -2.05. The van der Waals surface area contributed by atoms with Crippen LogP contribution < -0.4 is 5.32 Å². The average molecular weight is 287 g/mol. The van der Waals surface area contributed by atoms with Crippen LogP contribution in [-0.2, 0) is 6.18 Å². The summed E-state index contributed by atoms with van der Waals surface area (Å²) in [5, 5.41) is 5.92. The molecule has 0 saturated carbocycles. The van der Waals surface area contributed by atoms with Crippen molar-refractivity contribution in [1.29, 1.82) is 0 Å². The van der Waals surface area contributed by atoms with E-state index < -0.39 is 11.1 Å². The van der Waals surface area contributed by atoms with Crippen LogP contribution in [0.15, 0.2) is 24.3 Å². The number of halogens is 3. The van der Waals surface area contributed by atoms with Gasteiger partial charge in [-0.3, -0.25) is 4.79 Å². The lowest BCUT2D eigenvalue weighted by atomic mass is 10.1. The number of aromatic nitrogens is 2. The standard InChI is InChI=1S/C11H8F3N3OS/c1-15-10(18)7-4-2-6(3-5-7)8-9(11(12,13)14)19-17-16-8/h2-5H,1H3,(H,15,18). The molecule has 0 spiro atoms. The molecule has 8 heteroatoms. The van der Waals surface area contributed by atoms with E-state index in [4.69, 9.17) is 0 Å². The Balaban J connectivity index is 2.39. The molecule has 0 radical (unpaired) electrons. The molecule has 0 aliphatic rings. The topological polar surface area (TPSA) is 54.9 Å². The van der Waals surface area contributed by atoms with Crippen LogP contribution in [0.3, 0.4) is 0 Å². The number of benzene rings is 1. The average Bonchev–Trinajstić information content (AvgIpc) is 2.87. The number of carbonyl (C=O) groups is 1. The molecule has 1 N–H and O–H groups in total. The molecule has 2 rings (SSSR count). The highest BCUT2D eigenvalue weighted by atomic mass is 32.1. The number of alkyl halides is 3. The Morgan fingerprint density at radius 3 is 2.42 bits per heavy atom. The first-order chi connectivity index (χ1) is 8.93. The van der Waals surface area contributed by atoms with E-state index in [0.29, 0.717) is 17.1 Å². The van der Waals surface area contributed by atoms with Crippen LogP contribution in [-0.4, -0.2) is 22.5 Å². The Bertz CT molecular complexity index is 592. The summed E-state index contributed by atoms with van der Waals surface area (Å²) >= 11 is 0.301. The molecule has 0 saturated heterocycles. The van der Waals surface area contributed by atoms with Crippen molar-refractivity contribution in [2.45, 2.75) is 6.18 Å². The van der Waals surface area contributed by atoms with E-state index in [2.05, 4.69) is 14.9 Å². The van der Waals surface area contributed by atoms with Crippen molar-refractivity contribution in [1.82, 2.24) is 14.9 Å². The highest BCUT2D eigenvalue weighted by molar-refractivity contribution is 7.06. The summed E-state index contributed by atoms with van der Waals surface area (Å²) in [6.07, 6.45) is -4.48. The minimum Gasteiger partial charge on any atom is -0.355 e. The molecule has 0 fully saturated rings. The largest absolute Gasteiger partial charge is 0.429 e. The first kappa shape index (κ1) is 13.5. The van der Waals surface area contributed by atoms with Gasteiger partial charge < -0.3 is 5.32 Å². The van der Waals surface area contributed by atoms with Gasteiger partial charge in [-0.25, -0.2) is 0 Å². The number of hydrogen-bond acceptors (Lipinski definition) is 4. The molecular formula is C11H8F3N3OS. The number of rotatable bonds is 2. The monoisotopic (exact) mass is 287 g/mol. The second-order valence-electron chi connectivity index (χ2n) is 3.60. The van der Waals surface area contributed by atoms with Gasteiger partial charge >= 0.3 is 6.18 Å². The fourth-order valence-corrected chi connectivity index (χ4v) is 2.04. The minimum absolute atomic E-state index is 0.221. The molecule has 0 bridgehead atoms. The van der Waals surface area contributed by atoms with Gasteiger partial charge in [-0.05, 0) is 23.7 Å². The van der Waals surface area contributed by atoms with Gasteiger partial charge in [0.15, 0.2) is 4.88 Å². The van der Waals surface area contributed by atoms with Crippen LogP contribution >= 0.6 is 11.5 Å². The van der Waals surface area contributed by atoms with Gasteiger partial charge in [-0.1, -0.05) is 16.6 Å². The van der Waals surface area contributed by atoms with E-state index in [9.17, 15) is 18.0 Å². The lowest BCUT2D eigenvalue weighted by Crippen LogP contribution is -2.17. The van der Waals surface area contributed by atoms with E-state index in [-0.39, 0.29) is 17.2 Å². The molecule has 0 unspecified atom stereocenters. The zero-order valence-corrected chi connectivity index (χ0v) is 10.5. The summed E-state index contributed by atoms with van der Waals surface area (Å²) in [5.41, 5.74) is 0.415. The molecular weight excluding hydrogens is 279 g/mol. The van der Waals surface area contributed by atoms with Crippen molar-refractivity contribution < 1.29 is 18.0 Å². The fourth-order valence-electron chi connectivity index (χ4n) is 1.49. The molecule has 0 atom stereocenters. The van der Waals surface area contributed by atoms with Crippen LogP contribution in [0.5, 0.6) is 0 Å². The number of carbonyl (C=O) groups excluding carboxylic acids is 1. The van der Waals surface area contributed by atoms with Crippen molar-refractivity contribution in [3.63, 3.8) is 0 Å². The van der Waals surface area contributed by atoms with Crippen LogP contribution in [0, 0.1) is 0 Å². The summed E-state index contributed by atoms with van der Waals surface area (Å²) in [4.78, 5) is 10.5. The first-order valence-electron chi connectivity index (χ1n) is 5.15. The lowest BCUT2D eigenvalue weighted by molar-refractivity contribution is -0.134. The molecule has 2 aromatic rings. The zero-order valence-electron chi connectivity index (χ0n) is 9.65. The van der Waals surface area contributed by atoms with Gasteiger partial charge in [-0.2, -0.15) is 13.2 Å². The fraction of sp³-hybridized carbons (Fsp3) is 0.182. The maximum Gasteiger partial charge on any atom is 0.429 e. The van der Waals surface area contributed by atoms with Crippen molar-refractivity contribution in [3.05, 3.63) is 34.7 Å². The second kappa shape index (κ2) is 4.96. The third-order valence-corrected chi connectivity index (χ3v) is 3.16. The maximum atomic E-state index is 12.7. The number of nitrogens with zero attached hydrogens (tertiary/aromatic N) is 2. The Morgan fingerprint density at radius 1 is 1.26 bits per heavy atom. The van der Waals surface area contributed by atoms with Crippen molar-refractivity contribution in [2.75, 3.05) is 7.05 Å². The summed E-state index contributed by atoms with van der Waals surface area (Å²) < 4.78 is 41.4. The second-order valence-corrected chi connectivity index (χ2v) is 4.36. The summed E-state index contributed by atoms with van der Waals surface area (Å²) in [5.74, 6) is -0.306. The maximum absolute atomic E-state index is 12.7. The van der Waals surface area contributed by atoms with Crippen LogP contribution in [0.25, 0.3) is 11.3 Å². The van der Waals surface area contributed by atoms with Crippen LogP contribution in [0.2, 0.25) is 0 Å². The Hall–Kier alpha value is -1.96. The Morgan fingerprint density at radius 2 is 1.89 bits per heavy atom. The van der Waals surface area contributed by atoms with E-state index in [1.54, 1.807) is 0 Å². The van der Waals surface area contributed by atoms with Gasteiger partial charge in [0.1, 0.15) is 5.69 Å². The molecule has 0 aliphatic carbocycles. The summed E-state index contributed by atoms with van der Waals surface area (Å²) in [6, 6.07) is 5.70. The number of amides is 1. The molecule has 0 aliphatic heterocycles. The van der Waals surface area contributed by atoms with Crippen molar-refractivity contribution in [2.24, 2.45) is 0 Å². The highest BCUT2D eigenvalue weighted by Crippen LogP contribution is 2.38. The SMILES string of the molecule is CNC(=O)c1ccc(-c2nnsc2C(F)(F)F)cc1. The van der Waals surface area contributed by atoms with Gasteiger partial charge in [0.25, 0.3) is 5.91 Å². The molecule has 100 valence electrons. The minimum atomic E-state index is -4.48. The molecule has 1 heterocycles. The quantitative estimate of drug-likeness (QED) is 0.923. The van der Waals surface area contributed by atoms with E-state index in [1.165, 1.54) is 31.3 Å². The molecule has 1 aromatic carbocycles. The molecule has 1 aromatic heterocycles. The normalized spacial score (nSPS) is 11.4. The third kappa shape index (κ3) is 2.73. The molecule has 1 amide bonds. The highest BCUT2D eigenvalue weighted by Gasteiger charge is 2.37. The summed E-state index contributed by atoms with van der Waals surface area (Å²) in [6.45, 7) is 0. The molecule has 4 nitrogen and oxygen atoms in total. The predicted molar refractivity (Wildman–Crippen MR) is 63.7 cm³/mol. The number of hydrogen-bond donors (Lipinski definition) is 1. The Labute approximate surface area is 110 Å². The van der Waals surface area contributed by atoms with E-state index in [0.717, 1.165) is 0 Å².